The summed E-state index contributed by atoms with van der Waals surface area (Å²) < 4.78 is 13.9. The summed E-state index contributed by atoms with van der Waals surface area (Å²) in [5.74, 6) is -0.333. The maximum Gasteiger partial charge on any atom is 0.272 e. The molecule has 0 spiro atoms. The molecule has 1 saturated heterocycles. The minimum atomic E-state index is -0.427. The Bertz CT molecular complexity index is 767. The number of carbonyl (C=O) groups is 1. The van der Waals surface area contributed by atoms with Gasteiger partial charge in [-0.25, -0.2) is 9.37 Å². The van der Waals surface area contributed by atoms with Gasteiger partial charge in [-0.2, -0.15) is 0 Å². The van der Waals surface area contributed by atoms with E-state index in [9.17, 15) is 14.3 Å². The van der Waals surface area contributed by atoms with E-state index in [1.807, 2.05) is 7.05 Å². The molecule has 0 saturated carbocycles. The highest BCUT2D eigenvalue weighted by atomic mass is 19.1. The third kappa shape index (κ3) is 3.65. The highest BCUT2D eigenvalue weighted by Crippen LogP contribution is 2.26. The second-order valence-electron chi connectivity index (χ2n) is 6.78. The number of hydrogen-bond donors (Lipinski definition) is 1. The summed E-state index contributed by atoms with van der Waals surface area (Å²) in [5.41, 5.74) is 0.465. The molecule has 1 aromatic carbocycles. The first-order chi connectivity index (χ1) is 12.0. The van der Waals surface area contributed by atoms with Crippen LogP contribution in [0.5, 0.6) is 0 Å². The average Bonchev–Trinajstić information content (AvgIpc) is 3.03. The number of fused-ring (bicyclic) bond motifs is 1. The van der Waals surface area contributed by atoms with E-state index >= 15 is 0 Å². The molecule has 1 fully saturated rings. The number of nitrogens with zero attached hydrogens (tertiary/aromatic N) is 3. The number of aliphatic hydroxyl groups is 1. The maximum atomic E-state index is 13.9. The fourth-order valence-electron chi connectivity index (χ4n) is 3.44. The lowest BCUT2D eigenvalue weighted by atomic mass is 9.96. The van der Waals surface area contributed by atoms with Crippen LogP contribution in [0.2, 0.25) is 0 Å². The molecule has 1 amide bonds. The van der Waals surface area contributed by atoms with Crippen LogP contribution in [0.25, 0.3) is 10.9 Å². The zero-order valence-electron chi connectivity index (χ0n) is 14.7. The van der Waals surface area contributed by atoms with Gasteiger partial charge >= 0.3 is 0 Å². The fourth-order valence-corrected chi connectivity index (χ4v) is 3.44. The number of aliphatic hydroxyl groups excluding tert-OH is 1. The summed E-state index contributed by atoms with van der Waals surface area (Å²) >= 11 is 0. The first-order valence-electron chi connectivity index (χ1n) is 8.67. The van der Waals surface area contributed by atoms with Crippen molar-refractivity contribution in [3.8, 4) is 0 Å². The first kappa shape index (κ1) is 17.8. The van der Waals surface area contributed by atoms with Gasteiger partial charge in [0.15, 0.2) is 0 Å². The van der Waals surface area contributed by atoms with Crippen LogP contribution in [-0.2, 0) is 0 Å². The van der Waals surface area contributed by atoms with Crippen molar-refractivity contribution in [2.75, 3.05) is 39.8 Å². The maximum absolute atomic E-state index is 13.9. The normalized spacial score (nSPS) is 20.6. The third-order valence-corrected chi connectivity index (χ3v) is 5.07. The number of likely N-dealkylation sites (tertiary alicyclic amines) is 1. The number of pyridine rings is 1. The van der Waals surface area contributed by atoms with Crippen molar-refractivity contribution < 1.29 is 14.3 Å². The monoisotopic (exact) mass is 345 g/mol. The fraction of sp³-hybridized carbons (Fsp3) is 0.474. The second-order valence-corrected chi connectivity index (χ2v) is 6.78. The Labute approximate surface area is 147 Å². The van der Waals surface area contributed by atoms with Gasteiger partial charge in [-0.15, -0.1) is 0 Å². The van der Waals surface area contributed by atoms with Crippen molar-refractivity contribution in [2.24, 2.45) is 11.8 Å². The minimum Gasteiger partial charge on any atom is -0.396 e. The molecule has 134 valence electrons. The molecular formula is C19H24FN3O2. The van der Waals surface area contributed by atoms with Gasteiger partial charge in [0.05, 0.1) is 0 Å². The number of carbonyl (C=O) groups excluding carboxylic acids is 1. The van der Waals surface area contributed by atoms with Crippen LogP contribution in [0.3, 0.4) is 0 Å². The van der Waals surface area contributed by atoms with E-state index in [0.29, 0.717) is 18.5 Å². The van der Waals surface area contributed by atoms with E-state index in [2.05, 4.69) is 16.8 Å². The van der Waals surface area contributed by atoms with Gasteiger partial charge in [-0.05, 0) is 31.6 Å². The van der Waals surface area contributed by atoms with Crippen molar-refractivity contribution in [1.82, 2.24) is 14.8 Å². The molecule has 0 aliphatic carbocycles. The minimum absolute atomic E-state index is 0.0613. The van der Waals surface area contributed by atoms with Gasteiger partial charge in [0.1, 0.15) is 17.0 Å². The van der Waals surface area contributed by atoms with Crippen LogP contribution in [0, 0.1) is 17.7 Å². The number of halogens is 1. The molecule has 6 heteroatoms. The largest absolute Gasteiger partial charge is 0.396 e. The zero-order chi connectivity index (χ0) is 18.0. The van der Waals surface area contributed by atoms with Crippen molar-refractivity contribution in [1.29, 1.82) is 0 Å². The number of aromatic nitrogens is 1. The van der Waals surface area contributed by atoms with Crippen molar-refractivity contribution in [2.45, 2.75) is 6.92 Å². The molecule has 1 aliphatic heterocycles. The van der Waals surface area contributed by atoms with Gasteiger partial charge in [0.2, 0.25) is 0 Å². The molecule has 1 N–H and O–H groups in total. The topological polar surface area (TPSA) is 56.7 Å². The Morgan fingerprint density at radius 2 is 2.08 bits per heavy atom. The molecule has 2 aromatic rings. The standard InChI is InChI=1S/C19H24FN3O2/c1-3-22(2)9-14-10-23(11-15(14)12-24)19(25)17-8-7-13-5-4-6-16(20)18(13)21-17/h4-8,14-15,24H,3,9-12H2,1-2H3/t14-,15-/m1/s1. The molecule has 0 bridgehead atoms. The Balaban J connectivity index is 1.80. The van der Waals surface area contributed by atoms with Gasteiger partial charge in [-0.1, -0.05) is 25.1 Å². The van der Waals surface area contributed by atoms with Gasteiger partial charge in [0.25, 0.3) is 5.91 Å². The van der Waals surface area contributed by atoms with Gasteiger partial charge < -0.3 is 14.9 Å². The lowest BCUT2D eigenvalue weighted by Crippen LogP contribution is -2.32. The molecule has 2 heterocycles. The van der Waals surface area contributed by atoms with Crippen LogP contribution in [-0.4, -0.2) is 65.6 Å². The Kier molecular flexibility index (Phi) is 5.30. The molecule has 5 nitrogen and oxygen atoms in total. The predicted molar refractivity (Wildman–Crippen MR) is 94.8 cm³/mol. The summed E-state index contributed by atoms with van der Waals surface area (Å²) in [5, 5.41) is 10.3. The Morgan fingerprint density at radius 3 is 2.80 bits per heavy atom. The van der Waals surface area contributed by atoms with E-state index in [1.54, 1.807) is 29.2 Å². The summed E-state index contributed by atoms with van der Waals surface area (Å²) in [6.45, 7) is 5.00. The van der Waals surface area contributed by atoms with E-state index < -0.39 is 5.82 Å². The Hall–Kier alpha value is -2.05. The van der Waals surface area contributed by atoms with Crippen LogP contribution in [0.1, 0.15) is 17.4 Å². The molecular weight excluding hydrogens is 321 g/mol. The molecule has 0 unspecified atom stereocenters. The molecule has 1 aliphatic rings. The second kappa shape index (κ2) is 7.45. The van der Waals surface area contributed by atoms with E-state index in [0.717, 1.165) is 13.1 Å². The summed E-state index contributed by atoms with van der Waals surface area (Å²) in [7, 11) is 2.03. The van der Waals surface area contributed by atoms with Crippen LogP contribution < -0.4 is 0 Å². The number of benzene rings is 1. The third-order valence-electron chi connectivity index (χ3n) is 5.07. The average molecular weight is 345 g/mol. The van der Waals surface area contributed by atoms with E-state index in [-0.39, 0.29) is 35.6 Å². The van der Waals surface area contributed by atoms with Crippen molar-refractivity contribution in [3.63, 3.8) is 0 Å². The SMILES string of the molecule is CCN(C)C[C@@H]1CN(C(=O)c2ccc3cccc(F)c3n2)C[C@@H]1CO. The van der Waals surface area contributed by atoms with Crippen molar-refractivity contribution >= 4 is 16.8 Å². The van der Waals surface area contributed by atoms with E-state index in [4.69, 9.17) is 0 Å². The highest BCUT2D eigenvalue weighted by Gasteiger charge is 2.35. The summed E-state index contributed by atoms with van der Waals surface area (Å²) in [4.78, 5) is 21.0. The van der Waals surface area contributed by atoms with Crippen LogP contribution in [0.15, 0.2) is 30.3 Å². The summed E-state index contributed by atoms with van der Waals surface area (Å²) in [6.07, 6.45) is 0. The number of para-hydroxylation sites is 1. The highest BCUT2D eigenvalue weighted by molar-refractivity contribution is 5.95. The quantitative estimate of drug-likeness (QED) is 0.901. The Morgan fingerprint density at radius 1 is 1.32 bits per heavy atom. The van der Waals surface area contributed by atoms with Gasteiger partial charge in [-0.3, -0.25) is 4.79 Å². The number of hydrogen-bond acceptors (Lipinski definition) is 4. The predicted octanol–water partition coefficient (Wildman–Crippen LogP) is 2.01. The van der Waals surface area contributed by atoms with Crippen molar-refractivity contribution in [3.05, 3.63) is 41.8 Å². The van der Waals surface area contributed by atoms with Crippen LogP contribution in [0.4, 0.5) is 4.39 Å². The molecule has 3 rings (SSSR count). The zero-order valence-corrected chi connectivity index (χ0v) is 14.7. The molecule has 1 aromatic heterocycles. The van der Waals surface area contributed by atoms with Gasteiger partial charge in [0, 0.05) is 37.5 Å². The number of amides is 1. The lowest BCUT2D eigenvalue weighted by Gasteiger charge is -2.22. The molecule has 2 atom stereocenters. The summed E-state index contributed by atoms with van der Waals surface area (Å²) in [6, 6.07) is 8.11. The number of rotatable bonds is 5. The molecule has 25 heavy (non-hydrogen) atoms. The van der Waals surface area contributed by atoms with E-state index in [1.165, 1.54) is 6.07 Å². The first-order valence-corrected chi connectivity index (χ1v) is 8.67. The smallest absolute Gasteiger partial charge is 0.272 e. The molecule has 0 radical (unpaired) electrons. The van der Waals surface area contributed by atoms with Crippen LogP contribution >= 0.6 is 0 Å². The lowest BCUT2D eigenvalue weighted by molar-refractivity contribution is 0.0774.